The summed E-state index contributed by atoms with van der Waals surface area (Å²) in [7, 11) is 0. The predicted molar refractivity (Wildman–Crippen MR) is 59.7 cm³/mol. The number of carbonyl (C=O) groups is 1. The molecule has 1 aliphatic rings. The average molecular weight is 221 g/mol. The van der Waals surface area contributed by atoms with Gasteiger partial charge in [-0.3, -0.25) is 9.78 Å². The van der Waals surface area contributed by atoms with Crippen LogP contribution in [-0.4, -0.2) is 10.8 Å². The van der Waals surface area contributed by atoms with Crippen molar-refractivity contribution in [3.05, 3.63) is 29.8 Å². The van der Waals surface area contributed by atoms with E-state index in [0.29, 0.717) is 0 Å². The van der Waals surface area contributed by atoms with Crippen molar-refractivity contribution >= 4 is 5.78 Å². The second-order valence-corrected chi connectivity index (χ2v) is 4.53. The van der Waals surface area contributed by atoms with Crippen LogP contribution >= 0.6 is 0 Å². The van der Waals surface area contributed by atoms with Crippen LogP contribution in [0.5, 0.6) is 0 Å². The topological polar surface area (TPSA) is 30.0 Å². The van der Waals surface area contributed by atoms with Gasteiger partial charge in [0.25, 0.3) is 0 Å². The molecule has 0 aromatic carbocycles. The van der Waals surface area contributed by atoms with Crippen LogP contribution in [0.25, 0.3) is 0 Å². The third-order valence-electron chi connectivity index (χ3n) is 3.74. The summed E-state index contributed by atoms with van der Waals surface area (Å²) in [6.45, 7) is 2.02. The van der Waals surface area contributed by atoms with Gasteiger partial charge in [-0.05, 0) is 25.3 Å². The fraction of sp³-hybridized carbons (Fsp3) is 0.538. The summed E-state index contributed by atoms with van der Waals surface area (Å²) >= 11 is 0. The van der Waals surface area contributed by atoms with Crippen molar-refractivity contribution in [2.24, 2.45) is 5.41 Å². The highest BCUT2D eigenvalue weighted by Gasteiger charge is 2.40. The Hall–Kier alpha value is -1.25. The average Bonchev–Trinajstić information content (AvgIpc) is 2.78. The molecule has 2 rings (SSSR count). The molecular weight excluding hydrogens is 205 g/mol. The molecule has 1 aliphatic carbocycles. The molecule has 0 atom stereocenters. The van der Waals surface area contributed by atoms with Gasteiger partial charge in [-0.25, -0.2) is 4.39 Å². The van der Waals surface area contributed by atoms with E-state index in [1.165, 1.54) is 12.3 Å². The van der Waals surface area contributed by atoms with Crippen LogP contribution in [0, 0.1) is 11.2 Å². The van der Waals surface area contributed by atoms with E-state index < -0.39 is 5.82 Å². The van der Waals surface area contributed by atoms with Gasteiger partial charge in [-0.1, -0.05) is 19.8 Å². The molecule has 16 heavy (non-hydrogen) atoms. The fourth-order valence-corrected chi connectivity index (χ4v) is 2.64. The molecule has 1 aromatic heterocycles. The maximum absolute atomic E-state index is 13.5. The molecule has 0 amide bonds. The van der Waals surface area contributed by atoms with Gasteiger partial charge in [-0.15, -0.1) is 0 Å². The van der Waals surface area contributed by atoms with Crippen molar-refractivity contribution in [1.29, 1.82) is 0 Å². The molecule has 0 radical (unpaired) electrons. The Labute approximate surface area is 94.9 Å². The number of hydrogen-bond acceptors (Lipinski definition) is 2. The van der Waals surface area contributed by atoms with Gasteiger partial charge in [0.15, 0.2) is 11.6 Å². The number of Topliss-reactive ketones (excluding diaryl/α,β-unsaturated/α-hetero) is 1. The highest BCUT2D eigenvalue weighted by atomic mass is 19.1. The lowest BCUT2D eigenvalue weighted by Crippen LogP contribution is -2.28. The number of halogens is 1. The molecule has 86 valence electrons. The minimum Gasteiger partial charge on any atom is -0.293 e. The normalized spacial score (nSPS) is 18.6. The fourth-order valence-electron chi connectivity index (χ4n) is 2.64. The molecule has 0 spiro atoms. The predicted octanol–water partition coefficient (Wildman–Crippen LogP) is 3.37. The summed E-state index contributed by atoms with van der Waals surface area (Å²) in [5.41, 5.74) is -0.110. The van der Waals surface area contributed by atoms with Crippen LogP contribution in [0.1, 0.15) is 49.4 Å². The Balaban J connectivity index is 2.34. The van der Waals surface area contributed by atoms with Crippen molar-refractivity contribution in [3.8, 4) is 0 Å². The minimum atomic E-state index is -0.493. The first-order valence-corrected chi connectivity index (χ1v) is 5.84. The van der Waals surface area contributed by atoms with E-state index in [0.717, 1.165) is 38.3 Å². The lowest BCUT2D eigenvalue weighted by molar-refractivity contribution is 0.0786. The number of aromatic nitrogens is 1. The summed E-state index contributed by atoms with van der Waals surface area (Å²) < 4.78 is 13.5. The third kappa shape index (κ3) is 1.75. The maximum atomic E-state index is 13.5. The lowest BCUT2D eigenvalue weighted by Gasteiger charge is -2.25. The van der Waals surface area contributed by atoms with Gasteiger partial charge in [0.05, 0.1) is 11.8 Å². The number of pyridine rings is 1. The molecule has 1 heterocycles. The summed E-state index contributed by atoms with van der Waals surface area (Å²) in [6, 6.07) is 1.49. The zero-order valence-corrected chi connectivity index (χ0v) is 9.50. The smallest absolute Gasteiger partial charge is 0.172 e. The van der Waals surface area contributed by atoms with Gasteiger partial charge < -0.3 is 0 Å². The summed E-state index contributed by atoms with van der Waals surface area (Å²) in [5.74, 6) is -0.528. The quantitative estimate of drug-likeness (QED) is 0.732. The van der Waals surface area contributed by atoms with Crippen LogP contribution in [-0.2, 0) is 0 Å². The van der Waals surface area contributed by atoms with Crippen LogP contribution < -0.4 is 0 Å². The SMILES string of the molecule is CCC1(C(=O)c2ccncc2F)CCCC1. The van der Waals surface area contributed by atoms with Gasteiger partial charge in [0, 0.05) is 11.6 Å². The van der Waals surface area contributed by atoms with E-state index in [-0.39, 0.29) is 16.8 Å². The monoisotopic (exact) mass is 221 g/mol. The lowest BCUT2D eigenvalue weighted by atomic mass is 9.76. The molecule has 0 unspecified atom stereocenters. The third-order valence-corrected chi connectivity index (χ3v) is 3.74. The Morgan fingerprint density at radius 3 is 2.75 bits per heavy atom. The molecule has 0 bridgehead atoms. The van der Waals surface area contributed by atoms with E-state index >= 15 is 0 Å². The summed E-state index contributed by atoms with van der Waals surface area (Å²) in [4.78, 5) is 16.0. The zero-order chi connectivity index (χ0) is 11.6. The van der Waals surface area contributed by atoms with Crippen LogP contribution in [0.15, 0.2) is 18.5 Å². The maximum Gasteiger partial charge on any atom is 0.172 e. The first-order valence-electron chi connectivity index (χ1n) is 5.84. The van der Waals surface area contributed by atoms with Crippen LogP contribution in [0.2, 0.25) is 0 Å². The molecule has 3 heteroatoms. The Bertz CT molecular complexity index is 397. The molecule has 0 N–H and O–H groups in total. The molecule has 1 aromatic rings. The Kier molecular flexibility index (Phi) is 3.03. The summed E-state index contributed by atoms with van der Waals surface area (Å²) in [5, 5.41) is 0. The van der Waals surface area contributed by atoms with E-state index in [9.17, 15) is 9.18 Å². The molecule has 1 fully saturated rings. The molecule has 1 saturated carbocycles. The summed E-state index contributed by atoms with van der Waals surface area (Å²) in [6.07, 6.45) is 7.33. The van der Waals surface area contributed by atoms with Crippen LogP contribution in [0.4, 0.5) is 4.39 Å². The van der Waals surface area contributed by atoms with Crippen LogP contribution in [0.3, 0.4) is 0 Å². The second kappa shape index (κ2) is 4.32. The van der Waals surface area contributed by atoms with Gasteiger partial charge in [-0.2, -0.15) is 0 Å². The van der Waals surface area contributed by atoms with Gasteiger partial charge in [0.1, 0.15) is 0 Å². The molecule has 2 nitrogen and oxygen atoms in total. The first kappa shape index (κ1) is 11.2. The van der Waals surface area contributed by atoms with E-state index in [1.807, 2.05) is 6.92 Å². The first-order chi connectivity index (χ1) is 7.69. The van der Waals surface area contributed by atoms with Crippen molar-refractivity contribution in [2.45, 2.75) is 39.0 Å². The zero-order valence-electron chi connectivity index (χ0n) is 9.50. The van der Waals surface area contributed by atoms with Gasteiger partial charge in [0.2, 0.25) is 0 Å². The Morgan fingerprint density at radius 1 is 1.50 bits per heavy atom. The molecule has 0 aliphatic heterocycles. The standard InChI is InChI=1S/C13H16FNO/c1-2-13(6-3-4-7-13)12(16)10-5-8-15-9-11(10)14/h5,8-9H,2-4,6-7H2,1H3. The Morgan fingerprint density at radius 2 is 2.19 bits per heavy atom. The highest BCUT2D eigenvalue weighted by Crippen LogP contribution is 2.43. The van der Waals surface area contributed by atoms with E-state index in [4.69, 9.17) is 0 Å². The highest BCUT2D eigenvalue weighted by molar-refractivity contribution is 6.00. The van der Waals surface area contributed by atoms with E-state index in [2.05, 4.69) is 4.98 Å². The number of carbonyl (C=O) groups excluding carboxylic acids is 1. The largest absolute Gasteiger partial charge is 0.293 e. The van der Waals surface area contributed by atoms with Crippen molar-refractivity contribution in [2.75, 3.05) is 0 Å². The number of nitrogens with zero attached hydrogens (tertiary/aromatic N) is 1. The second-order valence-electron chi connectivity index (χ2n) is 4.53. The van der Waals surface area contributed by atoms with E-state index in [1.54, 1.807) is 0 Å². The minimum absolute atomic E-state index is 0.0348. The van der Waals surface area contributed by atoms with Crippen molar-refractivity contribution in [1.82, 2.24) is 4.98 Å². The molecular formula is C13H16FNO. The van der Waals surface area contributed by atoms with Crippen molar-refractivity contribution < 1.29 is 9.18 Å². The number of ketones is 1. The molecule has 0 saturated heterocycles. The van der Waals surface area contributed by atoms with Crippen molar-refractivity contribution in [3.63, 3.8) is 0 Å². The van der Waals surface area contributed by atoms with Gasteiger partial charge >= 0.3 is 0 Å². The number of hydrogen-bond donors (Lipinski definition) is 0. The number of rotatable bonds is 3.